The van der Waals surface area contributed by atoms with Gasteiger partial charge in [-0.25, -0.2) is 9.18 Å². The Morgan fingerprint density at radius 3 is 2.66 bits per heavy atom. The number of amides is 2. The zero-order valence-electron chi connectivity index (χ0n) is 23.1. The number of aromatic nitrogens is 1. The van der Waals surface area contributed by atoms with Crippen molar-refractivity contribution >= 4 is 22.6 Å². The van der Waals surface area contributed by atoms with Crippen LogP contribution >= 0.6 is 0 Å². The van der Waals surface area contributed by atoms with Crippen LogP contribution in [-0.2, 0) is 6.42 Å². The molecule has 8 nitrogen and oxygen atoms in total. The topological polar surface area (TPSA) is 90.1 Å². The fourth-order valence-electron chi connectivity index (χ4n) is 6.77. The first-order valence-corrected chi connectivity index (χ1v) is 14.1. The minimum absolute atomic E-state index is 0.0983. The van der Waals surface area contributed by atoms with Crippen molar-refractivity contribution in [3.8, 4) is 22.6 Å². The Hall–Kier alpha value is -4.08. The number of aromatic amines is 1. The zero-order valence-corrected chi connectivity index (χ0v) is 23.1. The van der Waals surface area contributed by atoms with E-state index in [1.54, 1.807) is 31.0 Å². The maximum atomic E-state index is 13.4. The number of hydrogen-bond acceptors (Lipinski definition) is 5. The van der Waals surface area contributed by atoms with Crippen molar-refractivity contribution in [2.24, 2.45) is 5.92 Å². The van der Waals surface area contributed by atoms with Crippen molar-refractivity contribution in [1.29, 1.82) is 0 Å². The van der Waals surface area contributed by atoms with E-state index in [0.717, 1.165) is 41.1 Å². The number of halogens is 1. The number of carbonyl (C=O) groups excluding carboxylic acids is 1. The van der Waals surface area contributed by atoms with E-state index in [0.29, 0.717) is 18.7 Å². The van der Waals surface area contributed by atoms with Crippen LogP contribution in [0.15, 0.2) is 60.7 Å². The molecular formula is C32H33FN4O4. The van der Waals surface area contributed by atoms with Crippen LogP contribution in [-0.4, -0.2) is 65.0 Å². The highest BCUT2D eigenvalue weighted by molar-refractivity contribution is 5.90. The van der Waals surface area contributed by atoms with E-state index < -0.39 is 6.10 Å². The van der Waals surface area contributed by atoms with E-state index in [4.69, 9.17) is 9.47 Å². The van der Waals surface area contributed by atoms with Crippen LogP contribution in [0, 0.1) is 11.7 Å². The predicted octanol–water partition coefficient (Wildman–Crippen LogP) is 5.54. The third kappa shape index (κ3) is 4.59. The fraction of sp³-hybridized carbons (Fsp3) is 0.344. The molecule has 1 aromatic heterocycles. The van der Waals surface area contributed by atoms with Gasteiger partial charge in [-0.15, -0.1) is 0 Å². The summed E-state index contributed by atoms with van der Waals surface area (Å²) in [5, 5.41) is 14.8. The summed E-state index contributed by atoms with van der Waals surface area (Å²) in [6.07, 6.45) is 1.03. The Morgan fingerprint density at radius 1 is 1.10 bits per heavy atom. The molecule has 3 N–H and O–H groups in total. The Kier molecular flexibility index (Phi) is 6.36. The van der Waals surface area contributed by atoms with Crippen LogP contribution in [0.5, 0.6) is 11.5 Å². The quantitative estimate of drug-likeness (QED) is 0.307. The lowest BCUT2D eigenvalue weighted by Crippen LogP contribution is -2.57. The second-order valence-corrected chi connectivity index (χ2v) is 11.4. The smallest absolute Gasteiger partial charge is 0.321 e. The predicted molar refractivity (Wildman–Crippen MR) is 155 cm³/mol. The second kappa shape index (κ2) is 10.1. The molecule has 4 heterocycles. The van der Waals surface area contributed by atoms with Gasteiger partial charge in [-0.1, -0.05) is 12.1 Å². The van der Waals surface area contributed by atoms with Gasteiger partial charge in [0.25, 0.3) is 0 Å². The molecule has 0 radical (unpaired) electrons. The van der Waals surface area contributed by atoms with Gasteiger partial charge in [0.2, 0.25) is 6.79 Å². The molecule has 4 aromatic rings. The van der Waals surface area contributed by atoms with Gasteiger partial charge in [0.15, 0.2) is 11.5 Å². The number of nitrogens with zero attached hydrogens (tertiary/aromatic N) is 2. The average Bonchev–Trinajstić information content (AvgIpc) is 3.61. The number of urea groups is 1. The van der Waals surface area contributed by atoms with Crippen LogP contribution in [0.1, 0.15) is 30.6 Å². The number of aliphatic hydroxyl groups is 1. The van der Waals surface area contributed by atoms with E-state index in [-0.39, 0.29) is 36.6 Å². The monoisotopic (exact) mass is 556 g/mol. The zero-order chi connectivity index (χ0) is 28.2. The first-order valence-electron chi connectivity index (χ1n) is 14.1. The highest BCUT2D eigenvalue weighted by Gasteiger charge is 2.44. The van der Waals surface area contributed by atoms with Gasteiger partial charge >= 0.3 is 6.03 Å². The van der Waals surface area contributed by atoms with Crippen molar-refractivity contribution < 1.29 is 23.8 Å². The first kappa shape index (κ1) is 25.9. The molecule has 0 aliphatic carbocycles. The second-order valence-electron chi connectivity index (χ2n) is 11.4. The number of hydrogen-bond donors (Lipinski definition) is 3. The standard InChI is InChI=1S/C32H33FN4O4/c1-18(38)25-16-37-12-11-23-24-13-19(20-4-10-29-30(14-20)41-17-40-29)3-9-26(24)35-31(23)28(37)15-27(25)36(2)32(39)34-22-7-5-21(33)6-8-22/h3-10,13-14,18,25,27-28,35,38H,11-12,15-17H2,1-2H3,(H,34,39)/t18-,25-,27-,28-/m0/s1. The molecule has 0 unspecified atom stereocenters. The lowest BCUT2D eigenvalue weighted by Gasteiger charge is -2.49. The minimum atomic E-state index is -0.574. The summed E-state index contributed by atoms with van der Waals surface area (Å²) in [6, 6.07) is 17.9. The molecule has 212 valence electrons. The van der Waals surface area contributed by atoms with Crippen molar-refractivity contribution in [1.82, 2.24) is 14.8 Å². The van der Waals surface area contributed by atoms with Crippen LogP contribution < -0.4 is 14.8 Å². The number of aliphatic hydroxyl groups excluding tert-OH is 1. The molecule has 7 rings (SSSR count). The molecule has 1 fully saturated rings. The third-order valence-electron chi connectivity index (χ3n) is 9.01. The number of carbonyl (C=O) groups is 1. The van der Waals surface area contributed by atoms with E-state index in [1.165, 1.54) is 28.8 Å². The lowest BCUT2D eigenvalue weighted by molar-refractivity contribution is -0.0177. The number of ether oxygens (including phenoxy) is 2. The molecule has 2 amide bonds. The lowest BCUT2D eigenvalue weighted by atomic mass is 9.80. The molecule has 41 heavy (non-hydrogen) atoms. The van der Waals surface area contributed by atoms with Crippen molar-refractivity contribution in [3.05, 3.63) is 77.7 Å². The highest BCUT2D eigenvalue weighted by Crippen LogP contribution is 2.44. The first-order chi connectivity index (χ1) is 19.9. The Balaban J connectivity index is 1.18. The van der Waals surface area contributed by atoms with Crippen LogP contribution in [0.25, 0.3) is 22.0 Å². The summed E-state index contributed by atoms with van der Waals surface area (Å²) in [4.78, 5) is 21.1. The van der Waals surface area contributed by atoms with Gasteiger partial charge in [-0.3, -0.25) is 4.90 Å². The Morgan fingerprint density at radius 2 is 1.85 bits per heavy atom. The minimum Gasteiger partial charge on any atom is -0.454 e. The maximum absolute atomic E-state index is 13.4. The molecular weight excluding hydrogens is 523 g/mol. The van der Waals surface area contributed by atoms with Crippen molar-refractivity contribution in [3.63, 3.8) is 0 Å². The largest absolute Gasteiger partial charge is 0.454 e. The molecule has 3 aromatic carbocycles. The molecule has 0 spiro atoms. The van der Waals surface area contributed by atoms with Gasteiger partial charge in [-0.05, 0) is 85.0 Å². The average molecular weight is 557 g/mol. The summed E-state index contributed by atoms with van der Waals surface area (Å²) in [5.41, 5.74) is 6.33. The van der Waals surface area contributed by atoms with Crippen molar-refractivity contribution in [2.75, 3.05) is 32.2 Å². The van der Waals surface area contributed by atoms with Gasteiger partial charge in [0, 0.05) is 54.4 Å². The number of H-pyrrole nitrogens is 1. The van der Waals surface area contributed by atoms with Crippen LogP contribution in [0.2, 0.25) is 0 Å². The van der Waals surface area contributed by atoms with E-state index in [1.807, 2.05) is 12.1 Å². The molecule has 3 aliphatic rings. The van der Waals surface area contributed by atoms with Gasteiger partial charge < -0.3 is 29.8 Å². The van der Waals surface area contributed by atoms with E-state index >= 15 is 0 Å². The number of piperidine rings is 1. The molecule has 0 saturated carbocycles. The van der Waals surface area contributed by atoms with Crippen molar-refractivity contribution in [2.45, 2.75) is 38.0 Å². The normalized spacial score (nSPS) is 22.2. The molecule has 4 atom stereocenters. The number of benzene rings is 3. The van der Waals surface area contributed by atoms with E-state index in [9.17, 15) is 14.3 Å². The van der Waals surface area contributed by atoms with E-state index in [2.05, 4.69) is 39.5 Å². The van der Waals surface area contributed by atoms with Crippen LogP contribution in [0.3, 0.4) is 0 Å². The molecule has 3 aliphatic heterocycles. The summed E-state index contributed by atoms with van der Waals surface area (Å²) < 4.78 is 24.4. The number of fused-ring (bicyclic) bond motifs is 6. The Bertz CT molecular complexity index is 1620. The summed E-state index contributed by atoms with van der Waals surface area (Å²) >= 11 is 0. The summed E-state index contributed by atoms with van der Waals surface area (Å²) in [5.74, 6) is 1.08. The fourth-order valence-corrected chi connectivity index (χ4v) is 6.77. The molecule has 1 saturated heterocycles. The SMILES string of the molecule is C[C@H](O)[C@@H]1CN2CCc3c([nH]c4ccc(-c5ccc6c(c5)OCO6)cc34)[C@@H]2C[C@@H]1N(C)C(=O)Nc1ccc(F)cc1. The maximum Gasteiger partial charge on any atom is 0.321 e. The van der Waals surface area contributed by atoms with Gasteiger partial charge in [-0.2, -0.15) is 0 Å². The highest BCUT2D eigenvalue weighted by atomic mass is 19.1. The van der Waals surface area contributed by atoms with Gasteiger partial charge in [0.1, 0.15) is 5.82 Å². The molecule has 0 bridgehead atoms. The summed E-state index contributed by atoms with van der Waals surface area (Å²) in [6.45, 7) is 3.64. The number of rotatable bonds is 4. The van der Waals surface area contributed by atoms with Crippen LogP contribution in [0.4, 0.5) is 14.9 Å². The van der Waals surface area contributed by atoms with Gasteiger partial charge in [0.05, 0.1) is 12.1 Å². The Labute approximate surface area is 237 Å². The molecule has 9 heteroatoms. The summed E-state index contributed by atoms with van der Waals surface area (Å²) in [7, 11) is 1.78. The third-order valence-corrected chi connectivity index (χ3v) is 9.01. The number of anilines is 1. The number of nitrogens with one attached hydrogen (secondary N) is 2.